The first kappa shape index (κ1) is 14.6. The monoisotopic (exact) mass is 340 g/mol. The molecule has 1 nitrogen and oxygen atoms in total. The molecule has 0 aliphatic carbocycles. The minimum absolute atomic E-state index is 0.281. The second-order valence-electron chi connectivity index (χ2n) is 4.37. The van der Waals surface area contributed by atoms with Crippen molar-refractivity contribution in [1.82, 2.24) is 0 Å². The molecule has 0 spiro atoms. The topological polar surface area (TPSA) is 20.2 Å². The molecule has 0 fully saturated rings. The largest absolute Gasteiger partial charge is 0.389 e. The zero-order valence-corrected chi connectivity index (χ0v) is 13.1. The van der Waals surface area contributed by atoms with Gasteiger partial charge in [-0.1, -0.05) is 27.7 Å². The van der Waals surface area contributed by atoms with Gasteiger partial charge in [0.15, 0.2) is 0 Å². The van der Waals surface area contributed by atoms with Crippen molar-refractivity contribution in [2.24, 2.45) is 0 Å². The Hall–Kier alpha value is -0.840. The molecule has 0 aliphatic heterocycles. The molecular formula is C15H14BrFOS. The first-order valence-electron chi connectivity index (χ1n) is 5.89. The summed E-state index contributed by atoms with van der Waals surface area (Å²) in [7, 11) is 0. The molecule has 0 bridgehead atoms. The Morgan fingerprint density at radius 3 is 2.42 bits per heavy atom. The number of rotatable bonds is 3. The maximum atomic E-state index is 13.6. The molecule has 0 heterocycles. The van der Waals surface area contributed by atoms with Crippen LogP contribution in [0.4, 0.5) is 4.39 Å². The van der Waals surface area contributed by atoms with E-state index in [4.69, 9.17) is 0 Å². The third-order valence-corrected chi connectivity index (χ3v) is 4.39. The van der Waals surface area contributed by atoms with Gasteiger partial charge in [-0.2, -0.15) is 0 Å². The molecule has 100 valence electrons. The van der Waals surface area contributed by atoms with E-state index in [0.717, 1.165) is 14.3 Å². The Bertz CT molecular complexity index is 581. The fourth-order valence-electron chi connectivity index (χ4n) is 1.71. The third-order valence-electron chi connectivity index (χ3n) is 2.78. The van der Waals surface area contributed by atoms with Gasteiger partial charge in [-0.15, -0.1) is 0 Å². The van der Waals surface area contributed by atoms with Crippen LogP contribution in [0.1, 0.15) is 24.2 Å². The lowest BCUT2D eigenvalue weighted by Crippen LogP contribution is -1.97. The summed E-state index contributed by atoms with van der Waals surface area (Å²) in [4.78, 5) is 1.94. The minimum Gasteiger partial charge on any atom is -0.389 e. The maximum absolute atomic E-state index is 13.6. The second kappa shape index (κ2) is 6.07. The highest BCUT2D eigenvalue weighted by atomic mass is 79.9. The summed E-state index contributed by atoms with van der Waals surface area (Å²) in [6.45, 7) is 3.38. The van der Waals surface area contributed by atoms with Crippen molar-refractivity contribution in [3.05, 3.63) is 57.8 Å². The van der Waals surface area contributed by atoms with Gasteiger partial charge in [0.05, 0.1) is 6.10 Å². The van der Waals surface area contributed by atoms with E-state index in [9.17, 15) is 9.50 Å². The van der Waals surface area contributed by atoms with Crippen LogP contribution in [0.3, 0.4) is 0 Å². The summed E-state index contributed by atoms with van der Waals surface area (Å²) in [5.74, 6) is -0.281. The smallest absolute Gasteiger partial charge is 0.126 e. The molecule has 4 heteroatoms. The van der Waals surface area contributed by atoms with Gasteiger partial charge in [0, 0.05) is 14.3 Å². The number of aryl methyl sites for hydroxylation is 1. The van der Waals surface area contributed by atoms with E-state index in [1.807, 2.05) is 24.3 Å². The molecule has 0 aromatic heterocycles. The molecule has 2 aromatic rings. The van der Waals surface area contributed by atoms with Gasteiger partial charge in [0.1, 0.15) is 5.82 Å². The number of hydrogen-bond acceptors (Lipinski definition) is 2. The Kier molecular flexibility index (Phi) is 4.66. The summed E-state index contributed by atoms with van der Waals surface area (Å²) in [5.41, 5.74) is 1.21. The van der Waals surface area contributed by atoms with Crippen LogP contribution in [0.15, 0.2) is 50.7 Å². The van der Waals surface area contributed by atoms with Crippen LogP contribution < -0.4 is 0 Å². The summed E-state index contributed by atoms with van der Waals surface area (Å²) in [6.07, 6.45) is -0.687. The van der Waals surface area contributed by atoms with Crippen molar-refractivity contribution in [3.63, 3.8) is 0 Å². The van der Waals surface area contributed by atoms with Gasteiger partial charge in [-0.25, -0.2) is 4.39 Å². The maximum Gasteiger partial charge on any atom is 0.126 e. The summed E-state index contributed by atoms with van der Waals surface area (Å²) in [6, 6.07) is 11.1. The molecule has 2 rings (SSSR count). The summed E-state index contributed by atoms with van der Waals surface area (Å²) in [5, 5.41) is 9.75. The highest BCUT2D eigenvalue weighted by Crippen LogP contribution is 2.35. The molecule has 0 amide bonds. The van der Waals surface area contributed by atoms with Crippen LogP contribution in [0.5, 0.6) is 0 Å². The molecule has 0 saturated heterocycles. The third kappa shape index (κ3) is 3.59. The lowest BCUT2D eigenvalue weighted by atomic mass is 10.1. The number of aliphatic hydroxyl groups excluding tert-OH is 1. The van der Waals surface area contributed by atoms with E-state index in [0.29, 0.717) is 11.1 Å². The Morgan fingerprint density at radius 1 is 1.21 bits per heavy atom. The van der Waals surface area contributed by atoms with Gasteiger partial charge in [0.25, 0.3) is 0 Å². The van der Waals surface area contributed by atoms with Crippen molar-refractivity contribution < 1.29 is 9.50 Å². The van der Waals surface area contributed by atoms with Crippen molar-refractivity contribution in [2.45, 2.75) is 29.7 Å². The fourth-order valence-corrected chi connectivity index (χ4v) is 3.09. The molecule has 1 N–H and O–H groups in total. The standard InChI is InChI=1S/C15H14BrFOS/c1-9-7-15(13(10(2)18)8-14(9)17)19-12-5-3-11(16)4-6-12/h3-8,10,18H,1-2H3. The van der Waals surface area contributed by atoms with Crippen molar-refractivity contribution in [2.75, 3.05) is 0 Å². The minimum atomic E-state index is -0.687. The molecule has 0 saturated carbocycles. The zero-order valence-electron chi connectivity index (χ0n) is 10.7. The van der Waals surface area contributed by atoms with Crippen LogP contribution in [0, 0.1) is 12.7 Å². The van der Waals surface area contributed by atoms with Crippen LogP contribution in [0.2, 0.25) is 0 Å². The lowest BCUT2D eigenvalue weighted by Gasteiger charge is -2.13. The van der Waals surface area contributed by atoms with E-state index in [-0.39, 0.29) is 5.82 Å². The normalized spacial score (nSPS) is 12.5. The van der Waals surface area contributed by atoms with E-state index < -0.39 is 6.10 Å². The molecule has 1 atom stereocenters. The predicted octanol–water partition coefficient (Wildman–Crippen LogP) is 5.10. The van der Waals surface area contributed by atoms with Crippen LogP contribution in [0.25, 0.3) is 0 Å². The van der Waals surface area contributed by atoms with Crippen LogP contribution in [-0.4, -0.2) is 5.11 Å². The Labute approximate surface area is 125 Å². The highest BCUT2D eigenvalue weighted by Gasteiger charge is 2.12. The Morgan fingerprint density at radius 2 is 1.84 bits per heavy atom. The zero-order chi connectivity index (χ0) is 14.0. The highest BCUT2D eigenvalue weighted by molar-refractivity contribution is 9.10. The molecular weight excluding hydrogens is 327 g/mol. The molecule has 0 radical (unpaired) electrons. The molecule has 0 aliphatic rings. The van der Waals surface area contributed by atoms with Gasteiger partial charge in [0.2, 0.25) is 0 Å². The second-order valence-corrected chi connectivity index (χ2v) is 6.40. The predicted molar refractivity (Wildman–Crippen MR) is 80.0 cm³/mol. The summed E-state index contributed by atoms with van der Waals surface area (Å²) >= 11 is 4.92. The van der Waals surface area contributed by atoms with E-state index in [2.05, 4.69) is 15.9 Å². The van der Waals surface area contributed by atoms with E-state index in [1.165, 1.54) is 17.8 Å². The van der Waals surface area contributed by atoms with Gasteiger partial charge in [-0.05, 0) is 61.4 Å². The first-order valence-corrected chi connectivity index (χ1v) is 7.50. The van der Waals surface area contributed by atoms with Crippen LogP contribution >= 0.6 is 27.7 Å². The van der Waals surface area contributed by atoms with Crippen molar-refractivity contribution in [1.29, 1.82) is 0 Å². The van der Waals surface area contributed by atoms with Gasteiger partial charge >= 0.3 is 0 Å². The van der Waals surface area contributed by atoms with Gasteiger partial charge in [-0.3, -0.25) is 0 Å². The SMILES string of the molecule is Cc1cc(Sc2ccc(Br)cc2)c(C(C)O)cc1F. The number of aliphatic hydroxyl groups is 1. The van der Waals surface area contributed by atoms with Crippen molar-refractivity contribution in [3.8, 4) is 0 Å². The van der Waals surface area contributed by atoms with Gasteiger partial charge < -0.3 is 5.11 Å². The molecule has 1 unspecified atom stereocenters. The number of benzene rings is 2. The molecule has 19 heavy (non-hydrogen) atoms. The first-order chi connectivity index (χ1) is 8.97. The molecule has 2 aromatic carbocycles. The number of halogens is 2. The van der Waals surface area contributed by atoms with Crippen molar-refractivity contribution >= 4 is 27.7 Å². The quantitative estimate of drug-likeness (QED) is 0.838. The van der Waals surface area contributed by atoms with E-state index in [1.54, 1.807) is 19.9 Å². The lowest BCUT2D eigenvalue weighted by molar-refractivity contribution is 0.196. The average molecular weight is 341 g/mol. The van der Waals surface area contributed by atoms with E-state index >= 15 is 0 Å². The van der Waals surface area contributed by atoms with Crippen LogP contribution in [-0.2, 0) is 0 Å². The summed E-state index contributed by atoms with van der Waals surface area (Å²) < 4.78 is 14.6. The Balaban J connectivity index is 2.38. The average Bonchev–Trinajstić information content (AvgIpc) is 2.36. The number of hydrogen-bond donors (Lipinski definition) is 1. The fraction of sp³-hybridized carbons (Fsp3) is 0.200.